The number of thioether (sulfide) groups is 1. The lowest BCUT2D eigenvalue weighted by Gasteiger charge is -2.16. The zero-order valence-corrected chi connectivity index (χ0v) is 14.6. The number of amides is 1. The average Bonchev–Trinajstić information content (AvgIpc) is 2.58. The van der Waals surface area contributed by atoms with Crippen molar-refractivity contribution >= 4 is 40.1 Å². The lowest BCUT2D eigenvalue weighted by Crippen LogP contribution is -2.28. The van der Waals surface area contributed by atoms with E-state index < -0.39 is 0 Å². The SMILES string of the molecule is CC(NC(=O)CSc1nc(N)cc(N)n1)c1cccc2ccccc12. The second-order valence-corrected chi connectivity index (χ2v) is 6.59. The van der Waals surface area contributed by atoms with Gasteiger partial charge in [-0.05, 0) is 23.3 Å². The third-order valence-electron chi connectivity index (χ3n) is 3.74. The van der Waals surface area contributed by atoms with Gasteiger partial charge in [-0.2, -0.15) is 0 Å². The number of nitrogen functional groups attached to an aromatic ring is 2. The second-order valence-electron chi connectivity index (χ2n) is 5.65. The number of nitrogens with one attached hydrogen (secondary N) is 1. The molecule has 3 rings (SSSR count). The van der Waals surface area contributed by atoms with Crippen LogP contribution in [0.4, 0.5) is 11.6 Å². The highest BCUT2D eigenvalue weighted by atomic mass is 32.2. The maximum absolute atomic E-state index is 12.3. The number of rotatable bonds is 5. The van der Waals surface area contributed by atoms with Crippen molar-refractivity contribution in [1.82, 2.24) is 15.3 Å². The first kappa shape index (κ1) is 17.0. The van der Waals surface area contributed by atoms with Gasteiger partial charge in [-0.25, -0.2) is 9.97 Å². The van der Waals surface area contributed by atoms with Gasteiger partial charge in [0, 0.05) is 6.07 Å². The number of anilines is 2. The molecular weight excluding hydrogens is 334 g/mol. The molecule has 7 heteroatoms. The number of nitrogens with zero attached hydrogens (tertiary/aromatic N) is 2. The highest BCUT2D eigenvalue weighted by molar-refractivity contribution is 7.99. The van der Waals surface area contributed by atoms with E-state index in [4.69, 9.17) is 11.5 Å². The number of carbonyl (C=O) groups excluding carboxylic acids is 1. The minimum Gasteiger partial charge on any atom is -0.383 e. The molecule has 0 bridgehead atoms. The fourth-order valence-electron chi connectivity index (χ4n) is 2.65. The van der Waals surface area contributed by atoms with Crippen LogP contribution in [0.5, 0.6) is 0 Å². The second kappa shape index (κ2) is 7.40. The van der Waals surface area contributed by atoms with E-state index >= 15 is 0 Å². The Morgan fingerprint density at radius 1 is 1.12 bits per heavy atom. The third kappa shape index (κ3) is 4.19. The van der Waals surface area contributed by atoms with Crippen molar-refractivity contribution < 1.29 is 4.79 Å². The molecule has 1 amide bonds. The molecule has 0 aliphatic carbocycles. The molecule has 0 fully saturated rings. The van der Waals surface area contributed by atoms with E-state index in [9.17, 15) is 4.79 Å². The quantitative estimate of drug-likeness (QED) is 0.481. The molecule has 25 heavy (non-hydrogen) atoms. The number of fused-ring (bicyclic) bond motifs is 1. The lowest BCUT2D eigenvalue weighted by molar-refractivity contribution is -0.119. The molecule has 6 nitrogen and oxygen atoms in total. The van der Waals surface area contributed by atoms with E-state index in [1.54, 1.807) is 0 Å². The van der Waals surface area contributed by atoms with Crippen molar-refractivity contribution in [1.29, 1.82) is 0 Å². The molecular formula is C18H19N5OS. The molecule has 128 valence electrons. The molecule has 1 unspecified atom stereocenters. The zero-order valence-electron chi connectivity index (χ0n) is 13.8. The summed E-state index contributed by atoms with van der Waals surface area (Å²) >= 11 is 1.20. The fourth-order valence-corrected chi connectivity index (χ4v) is 3.33. The van der Waals surface area contributed by atoms with Crippen LogP contribution >= 0.6 is 11.8 Å². The summed E-state index contributed by atoms with van der Waals surface area (Å²) in [5, 5.41) is 5.69. The van der Waals surface area contributed by atoms with Crippen LogP contribution in [0.25, 0.3) is 10.8 Å². The Hall–Kier alpha value is -2.80. The van der Waals surface area contributed by atoms with E-state index in [2.05, 4.69) is 33.5 Å². The highest BCUT2D eigenvalue weighted by Gasteiger charge is 2.13. The van der Waals surface area contributed by atoms with Crippen molar-refractivity contribution in [3.63, 3.8) is 0 Å². The number of hydrogen-bond donors (Lipinski definition) is 3. The lowest BCUT2D eigenvalue weighted by atomic mass is 10.00. The average molecular weight is 353 g/mol. The molecule has 0 radical (unpaired) electrons. The molecule has 2 aromatic carbocycles. The van der Waals surface area contributed by atoms with E-state index in [-0.39, 0.29) is 17.7 Å². The van der Waals surface area contributed by atoms with E-state index in [0.717, 1.165) is 16.3 Å². The minimum absolute atomic E-state index is 0.102. The number of carbonyl (C=O) groups is 1. The standard InChI is InChI=1S/C18H19N5OS/c1-11(13-8-4-6-12-5-2-3-7-14(12)13)21-17(24)10-25-18-22-15(19)9-16(20)23-18/h2-9,11H,10H2,1H3,(H,21,24)(H4,19,20,22,23). The highest BCUT2D eigenvalue weighted by Crippen LogP contribution is 2.24. The first-order valence-electron chi connectivity index (χ1n) is 7.83. The zero-order chi connectivity index (χ0) is 17.8. The molecule has 1 heterocycles. The number of aromatic nitrogens is 2. The van der Waals surface area contributed by atoms with Gasteiger partial charge in [-0.1, -0.05) is 54.2 Å². The maximum Gasteiger partial charge on any atom is 0.230 e. The summed E-state index contributed by atoms with van der Waals surface area (Å²) in [6, 6.07) is 15.6. The van der Waals surface area contributed by atoms with Gasteiger partial charge >= 0.3 is 0 Å². The molecule has 0 saturated heterocycles. The van der Waals surface area contributed by atoms with Crippen LogP contribution in [0.3, 0.4) is 0 Å². The molecule has 5 N–H and O–H groups in total. The largest absolute Gasteiger partial charge is 0.383 e. The first-order valence-corrected chi connectivity index (χ1v) is 8.81. The molecule has 0 aliphatic heterocycles. The Kier molecular flexibility index (Phi) is 5.04. The van der Waals surface area contributed by atoms with Crippen LogP contribution in [0.1, 0.15) is 18.5 Å². The van der Waals surface area contributed by atoms with Gasteiger partial charge < -0.3 is 16.8 Å². The van der Waals surface area contributed by atoms with Gasteiger partial charge in [0.1, 0.15) is 11.6 Å². The summed E-state index contributed by atoms with van der Waals surface area (Å²) in [4.78, 5) is 20.4. The smallest absolute Gasteiger partial charge is 0.230 e. The topological polar surface area (TPSA) is 107 Å². The van der Waals surface area contributed by atoms with Gasteiger partial charge in [0.2, 0.25) is 5.91 Å². The van der Waals surface area contributed by atoms with Crippen molar-refractivity contribution in [3.8, 4) is 0 Å². The van der Waals surface area contributed by atoms with Gasteiger partial charge in [0.25, 0.3) is 0 Å². The monoisotopic (exact) mass is 353 g/mol. The predicted molar refractivity (Wildman–Crippen MR) is 102 cm³/mol. The van der Waals surface area contributed by atoms with Gasteiger partial charge in [0.05, 0.1) is 11.8 Å². The van der Waals surface area contributed by atoms with Crippen LogP contribution in [0.2, 0.25) is 0 Å². The Balaban J connectivity index is 1.66. The Morgan fingerprint density at radius 3 is 2.56 bits per heavy atom. The van der Waals surface area contributed by atoms with Crippen molar-refractivity contribution in [2.75, 3.05) is 17.2 Å². The Labute approximate surface area is 150 Å². The molecule has 0 aliphatic rings. The number of benzene rings is 2. The molecule has 0 spiro atoms. The summed E-state index contributed by atoms with van der Waals surface area (Å²) in [6.07, 6.45) is 0. The normalized spacial score (nSPS) is 12.0. The minimum atomic E-state index is -0.106. The molecule has 1 atom stereocenters. The van der Waals surface area contributed by atoms with E-state index in [0.29, 0.717) is 16.8 Å². The van der Waals surface area contributed by atoms with Gasteiger partial charge in [0.15, 0.2) is 5.16 Å². The van der Waals surface area contributed by atoms with Crippen molar-refractivity contribution in [2.45, 2.75) is 18.1 Å². The van der Waals surface area contributed by atoms with Gasteiger partial charge in [-0.3, -0.25) is 4.79 Å². The van der Waals surface area contributed by atoms with Gasteiger partial charge in [-0.15, -0.1) is 0 Å². The molecule has 0 saturated carbocycles. The van der Waals surface area contributed by atoms with Crippen LogP contribution in [-0.2, 0) is 4.79 Å². The predicted octanol–water partition coefficient (Wildman–Crippen LogP) is 2.76. The van der Waals surface area contributed by atoms with Crippen molar-refractivity contribution in [2.24, 2.45) is 0 Å². The summed E-state index contributed by atoms with van der Waals surface area (Å²) in [5.41, 5.74) is 12.3. The van der Waals surface area contributed by atoms with Crippen LogP contribution < -0.4 is 16.8 Å². The summed E-state index contributed by atoms with van der Waals surface area (Å²) in [6.45, 7) is 1.97. The summed E-state index contributed by atoms with van der Waals surface area (Å²) in [7, 11) is 0. The fraction of sp³-hybridized carbons (Fsp3) is 0.167. The van der Waals surface area contributed by atoms with E-state index in [1.165, 1.54) is 17.8 Å². The Morgan fingerprint density at radius 2 is 1.80 bits per heavy atom. The molecule has 3 aromatic rings. The van der Waals surface area contributed by atoms with E-state index in [1.807, 2.05) is 31.2 Å². The van der Waals surface area contributed by atoms with Crippen molar-refractivity contribution in [3.05, 3.63) is 54.1 Å². The first-order chi connectivity index (χ1) is 12.0. The summed E-state index contributed by atoms with van der Waals surface area (Å²) in [5.74, 6) is 0.673. The summed E-state index contributed by atoms with van der Waals surface area (Å²) < 4.78 is 0. The molecule has 1 aromatic heterocycles. The third-order valence-corrected chi connectivity index (χ3v) is 4.59. The number of hydrogen-bond acceptors (Lipinski definition) is 6. The van der Waals surface area contributed by atoms with Crippen LogP contribution in [0.15, 0.2) is 53.7 Å². The van der Waals surface area contributed by atoms with Crippen LogP contribution in [-0.4, -0.2) is 21.6 Å². The maximum atomic E-state index is 12.3. The van der Waals surface area contributed by atoms with Crippen LogP contribution in [0, 0.1) is 0 Å². The Bertz CT molecular complexity index is 889. The number of nitrogens with two attached hydrogens (primary N) is 2.